The number of fused-ring (bicyclic) bond motifs is 3. The van der Waals surface area contributed by atoms with Gasteiger partial charge in [0, 0.05) is 46.3 Å². The highest BCUT2D eigenvalue weighted by Gasteiger charge is 2.30. The first-order valence-electron chi connectivity index (χ1n) is 10.5. The second-order valence-electron chi connectivity index (χ2n) is 7.81. The molecule has 3 aromatic rings. The Bertz CT molecular complexity index is 1240. The normalized spacial score (nSPS) is 16.8. The molecule has 1 aromatic carbocycles. The van der Waals surface area contributed by atoms with Gasteiger partial charge in [-0.1, -0.05) is 12.1 Å². The van der Waals surface area contributed by atoms with Gasteiger partial charge in [0.1, 0.15) is 5.75 Å². The molecule has 4 heterocycles. The number of benzene rings is 1. The van der Waals surface area contributed by atoms with Crippen LogP contribution in [0.25, 0.3) is 11.2 Å². The van der Waals surface area contributed by atoms with Crippen molar-refractivity contribution in [3.63, 3.8) is 0 Å². The minimum absolute atomic E-state index is 0.285. The molecule has 2 aliphatic rings. The fourth-order valence-electron chi connectivity index (χ4n) is 4.42. The number of hydrogen-bond donors (Lipinski definition) is 0. The first kappa shape index (κ1) is 19.8. The highest BCUT2D eigenvalue weighted by molar-refractivity contribution is 5.79. The van der Waals surface area contributed by atoms with E-state index in [0.717, 1.165) is 24.5 Å². The van der Waals surface area contributed by atoms with Crippen molar-refractivity contribution in [2.24, 2.45) is 7.05 Å². The molecule has 1 fully saturated rings. The molecule has 0 aliphatic carbocycles. The lowest BCUT2D eigenvalue weighted by Gasteiger charge is -2.26. The maximum absolute atomic E-state index is 13.4. The minimum Gasteiger partial charge on any atom is -0.495 e. The van der Waals surface area contributed by atoms with E-state index in [4.69, 9.17) is 14.5 Å². The number of imidazole rings is 1. The minimum atomic E-state index is -0.341. The molecule has 0 spiro atoms. The highest BCUT2D eigenvalue weighted by atomic mass is 16.5. The van der Waals surface area contributed by atoms with Gasteiger partial charge < -0.3 is 18.9 Å². The molecule has 10 heteroatoms. The third-order valence-corrected chi connectivity index (χ3v) is 6.12. The van der Waals surface area contributed by atoms with E-state index in [9.17, 15) is 9.59 Å². The molecule has 0 N–H and O–H groups in total. The summed E-state index contributed by atoms with van der Waals surface area (Å²) in [6.45, 7) is 5.26. The van der Waals surface area contributed by atoms with Crippen LogP contribution in [0.1, 0.15) is 0 Å². The number of aromatic nitrogens is 4. The molecule has 0 radical (unpaired) electrons. The monoisotopic (exact) mass is 426 g/mol. The van der Waals surface area contributed by atoms with E-state index in [1.807, 2.05) is 33.7 Å². The molecule has 10 nitrogen and oxygen atoms in total. The molecule has 5 rings (SSSR count). The van der Waals surface area contributed by atoms with Crippen LogP contribution < -0.4 is 20.9 Å². The third kappa shape index (κ3) is 3.22. The molecular weight excluding hydrogens is 400 g/mol. The van der Waals surface area contributed by atoms with Crippen LogP contribution in [0.4, 0.5) is 11.6 Å². The van der Waals surface area contributed by atoms with Gasteiger partial charge in [-0.05, 0) is 12.1 Å². The van der Waals surface area contributed by atoms with Crippen molar-refractivity contribution in [2.75, 3.05) is 51.4 Å². The van der Waals surface area contributed by atoms with Gasteiger partial charge in [-0.25, -0.2) is 4.79 Å². The number of anilines is 2. The zero-order valence-electron chi connectivity index (χ0n) is 17.8. The van der Waals surface area contributed by atoms with E-state index in [1.165, 1.54) is 9.13 Å². The standard InChI is InChI=1S/C21H26N6O4/c1-23-18-17(19(28)27(21(23)29)8-7-24-11-13-31-14-12-24)26-10-9-25(20(26)22-18)15-5-3-4-6-16(15)30-2/h3-6H,7-14H2,1-2H3. The molecule has 0 atom stereocenters. The maximum Gasteiger partial charge on any atom is 0.332 e. The van der Waals surface area contributed by atoms with Crippen molar-refractivity contribution in [3.8, 4) is 5.75 Å². The summed E-state index contributed by atoms with van der Waals surface area (Å²) in [7, 11) is 3.31. The Kier molecular flexibility index (Phi) is 5.03. The van der Waals surface area contributed by atoms with E-state index in [-0.39, 0.29) is 11.2 Å². The van der Waals surface area contributed by atoms with Crippen molar-refractivity contribution >= 4 is 22.8 Å². The average Bonchev–Trinajstić information content (AvgIpc) is 3.38. The van der Waals surface area contributed by atoms with Crippen molar-refractivity contribution < 1.29 is 9.47 Å². The van der Waals surface area contributed by atoms with Gasteiger partial charge in [-0.15, -0.1) is 0 Å². The molecule has 2 aliphatic heterocycles. The maximum atomic E-state index is 13.4. The zero-order valence-corrected chi connectivity index (χ0v) is 17.8. The Labute approximate surface area is 178 Å². The Morgan fingerprint density at radius 2 is 1.84 bits per heavy atom. The van der Waals surface area contributed by atoms with Gasteiger partial charge in [-0.3, -0.25) is 18.8 Å². The molecule has 31 heavy (non-hydrogen) atoms. The second kappa shape index (κ2) is 7.86. The van der Waals surface area contributed by atoms with Crippen LogP contribution in [-0.4, -0.2) is 70.1 Å². The largest absolute Gasteiger partial charge is 0.495 e. The number of ether oxygens (including phenoxy) is 2. The summed E-state index contributed by atoms with van der Waals surface area (Å²) in [5.41, 5.74) is 1.14. The van der Waals surface area contributed by atoms with Gasteiger partial charge in [0.05, 0.1) is 26.0 Å². The zero-order chi connectivity index (χ0) is 21.5. The quantitative estimate of drug-likeness (QED) is 0.583. The van der Waals surface area contributed by atoms with Crippen LogP contribution in [0.2, 0.25) is 0 Å². The van der Waals surface area contributed by atoms with Gasteiger partial charge in [-0.2, -0.15) is 4.98 Å². The third-order valence-electron chi connectivity index (χ3n) is 6.12. The molecule has 0 saturated carbocycles. The van der Waals surface area contributed by atoms with Crippen LogP contribution in [0.3, 0.4) is 0 Å². The molecule has 0 bridgehead atoms. The van der Waals surface area contributed by atoms with Crippen LogP contribution in [0.15, 0.2) is 33.9 Å². The number of rotatable bonds is 5. The number of nitrogens with zero attached hydrogens (tertiary/aromatic N) is 6. The Hall–Kier alpha value is -3.11. The fourth-order valence-corrected chi connectivity index (χ4v) is 4.42. The van der Waals surface area contributed by atoms with Crippen LogP contribution in [0.5, 0.6) is 5.75 Å². The van der Waals surface area contributed by atoms with Crippen LogP contribution in [-0.2, 0) is 24.9 Å². The number of aryl methyl sites for hydroxylation is 1. The fraction of sp³-hybridized carbons (Fsp3) is 0.476. The SMILES string of the molecule is COc1ccccc1N1CCn2c1nc1c2c(=O)n(CCN2CCOCC2)c(=O)n1C. The molecule has 164 valence electrons. The number of para-hydroxylation sites is 2. The number of morpholine rings is 1. The first-order chi connectivity index (χ1) is 15.1. The van der Waals surface area contributed by atoms with Gasteiger partial charge in [0.15, 0.2) is 11.2 Å². The summed E-state index contributed by atoms with van der Waals surface area (Å²) in [6, 6.07) is 7.72. The molecule has 0 amide bonds. The number of methoxy groups -OCH3 is 1. The predicted octanol–water partition coefficient (Wildman–Crippen LogP) is 0.389. The predicted molar refractivity (Wildman–Crippen MR) is 116 cm³/mol. The Morgan fingerprint density at radius 1 is 1.06 bits per heavy atom. The Balaban J connectivity index is 1.57. The second-order valence-corrected chi connectivity index (χ2v) is 7.81. The van der Waals surface area contributed by atoms with E-state index in [0.29, 0.717) is 56.5 Å². The summed E-state index contributed by atoms with van der Waals surface area (Å²) in [5, 5.41) is 0. The van der Waals surface area contributed by atoms with E-state index in [2.05, 4.69) is 4.90 Å². The Morgan fingerprint density at radius 3 is 2.61 bits per heavy atom. The lowest BCUT2D eigenvalue weighted by Crippen LogP contribution is -2.44. The summed E-state index contributed by atoms with van der Waals surface area (Å²) < 4.78 is 15.6. The van der Waals surface area contributed by atoms with E-state index >= 15 is 0 Å². The topological polar surface area (TPSA) is 86.8 Å². The van der Waals surface area contributed by atoms with Crippen molar-refractivity contribution in [1.82, 2.24) is 23.6 Å². The summed E-state index contributed by atoms with van der Waals surface area (Å²) in [5.74, 6) is 1.39. The summed E-state index contributed by atoms with van der Waals surface area (Å²) in [4.78, 5) is 35.3. The van der Waals surface area contributed by atoms with Crippen molar-refractivity contribution in [3.05, 3.63) is 45.1 Å². The average molecular weight is 426 g/mol. The van der Waals surface area contributed by atoms with E-state index in [1.54, 1.807) is 14.2 Å². The lowest BCUT2D eigenvalue weighted by molar-refractivity contribution is 0.0361. The number of hydrogen-bond acceptors (Lipinski definition) is 7. The lowest BCUT2D eigenvalue weighted by atomic mass is 10.2. The smallest absolute Gasteiger partial charge is 0.332 e. The van der Waals surface area contributed by atoms with Gasteiger partial charge >= 0.3 is 5.69 Å². The summed E-state index contributed by atoms with van der Waals surface area (Å²) >= 11 is 0. The molecule has 1 saturated heterocycles. The van der Waals surface area contributed by atoms with E-state index < -0.39 is 0 Å². The van der Waals surface area contributed by atoms with Gasteiger partial charge in [0.25, 0.3) is 5.56 Å². The van der Waals surface area contributed by atoms with Crippen molar-refractivity contribution in [2.45, 2.75) is 13.1 Å². The molecule has 2 aromatic heterocycles. The summed E-state index contributed by atoms with van der Waals surface area (Å²) in [6.07, 6.45) is 0. The molecular formula is C21H26N6O4. The molecule has 0 unspecified atom stereocenters. The van der Waals surface area contributed by atoms with Gasteiger partial charge in [0.2, 0.25) is 5.95 Å². The highest BCUT2D eigenvalue weighted by Crippen LogP contribution is 2.36. The first-order valence-corrected chi connectivity index (χ1v) is 10.5. The van der Waals surface area contributed by atoms with Crippen molar-refractivity contribution in [1.29, 1.82) is 0 Å². The van der Waals surface area contributed by atoms with Crippen LogP contribution in [0, 0.1) is 0 Å². The van der Waals surface area contributed by atoms with Crippen LogP contribution >= 0.6 is 0 Å².